The molecule has 4 saturated carbocycles. The Morgan fingerprint density at radius 3 is 1.94 bits per heavy atom. The molecule has 9 aromatic rings. The molecule has 7 aromatic carbocycles. The number of hydrogen-bond acceptors (Lipinski definition) is 2. The molecule has 2 heterocycles. The minimum atomic E-state index is -0.0955. The minimum Gasteiger partial charge on any atom is -0.309 e. The van der Waals surface area contributed by atoms with Crippen molar-refractivity contribution in [2.24, 2.45) is 23.7 Å². The second kappa shape index (κ2) is 13.7. The molecule has 3 nitrogen and oxygen atoms in total. The standard InChI is InChI=1S/C60H47N3/c1-36-11-8-13-42(23-36)55-32-44(49-18-10-19-52-53-24-37(2)45(35-61)31-54(53)60(59(49)52)46-26-38-25-39(28-46)29-47(60)27-38)33-56(62-55)43-14-9-12-40(30-43)41-21-22-51-50-17-6-7-20-57(50)63(58(51)34-41)48-15-4-3-5-16-48/h3-24,30-34,38-39,46-47H,25-29H2,1-2H3. The Bertz CT molecular complexity index is 3370. The van der Waals surface area contributed by atoms with Gasteiger partial charge in [-0.1, -0.05) is 109 Å². The van der Waals surface area contributed by atoms with Crippen LogP contribution < -0.4 is 0 Å². The molecule has 0 atom stereocenters. The molecular formula is C60H47N3. The summed E-state index contributed by atoms with van der Waals surface area (Å²) < 4.78 is 2.40. The van der Waals surface area contributed by atoms with Crippen molar-refractivity contribution in [2.45, 2.75) is 51.4 Å². The number of nitrogens with zero attached hydrogens (tertiary/aromatic N) is 3. The van der Waals surface area contributed by atoms with Gasteiger partial charge < -0.3 is 4.57 Å². The summed E-state index contributed by atoms with van der Waals surface area (Å²) in [5, 5.41) is 12.9. The third kappa shape index (κ3) is 5.40. The van der Waals surface area contributed by atoms with Gasteiger partial charge in [-0.3, -0.25) is 0 Å². The maximum absolute atomic E-state index is 10.4. The topological polar surface area (TPSA) is 41.6 Å². The first-order valence-corrected chi connectivity index (χ1v) is 22.9. The summed E-state index contributed by atoms with van der Waals surface area (Å²) in [7, 11) is 0. The van der Waals surface area contributed by atoms with E-state index in [9.17, 15) is 5.26 Å². The van der Waals surface area contributed by atoms with Crippen molar-refractivity contribution in [1.29, 1.82) is 5.26 Å². The molecule has 3 heteroatoms. The van der Waals surface area contributed by atoms with E-state index in [4.69, 9.17) is 4.98 Å². The maximum atomic E-state index is 10.4. The van der Waals surface area contributed by atoms with E-state index in [1.54, 1.807) is 0 Å². The second-order valence-electron chi connectivity index (χ2n) is 19.2. The van der Waals surface area contributed by atoms with Gasteiger partial charge in [0.2, 0.25) is 0 Å². The Kier molecular flexibility index (Phi) is 7.99. The quantitative estimate of drug-likeness (QED) is 0.174. The molecule has 0 unspecified atom stereocenters. The van der Waals surface area contributed by atoms with Crippen LogP contribution in [0.5, 0.6) is 0 Å². The van der Waals surface area contributed by atoms with Crippen molar-refractivity contribution in [3.05, 3.63) is 192 Å². The molecule has 63 heavy (non-hydrogen) atoms. The average Bonchev–Trinajstić information content (AvgIpc) is 3.80. The van der Waals surface area contributed by atoms with E-state index in [0.29, 0.717) is 11.8 Å². The van der Waals surface area contributed by atoms with Crippen LogP contribution in [-0.2, 0) is 5.41 Å². The van der Waals surface area contributed by atoms with Gasteiger partial charge in [-0.2, -0.15) is 5.26 Å². The Morgan fingerprint density at radius 2 is 1.17 bits per heavy atom. The Morgan fingerprint density at radius 1 is 0.524 bits per heavy atom. The second-order valence-corrected chi connectivity index (χ2v) is 19.2. The van der Waals surface area contributed by atoms with Crippen molar-refractivity contribution < 1.29 is 0 Å². The van der Waals surface area contributed by atoms with E-state index in [1.165, 1.54) is 98.4 Å². The highest BCUT2D eigenvalue weighted by Gasteiger charge is 2.62. The Hall–Kier alpha value is -7.02. The predicted octanol–water partition coefficient (Wildman–Crippen LogP) is 15.1. The summed E-state index contributed by atoms with van der Waals surface area (Å²) in [5.41, 5.74) is 21.3. The molecule has 0 radical (unpaired) electrons. The minimum absolute atomic E-state index is 0.0955. The molecule has 1 spiro atoms. The van der Waals surface area contributed by atoms with Gasteiger partial charge in [-0.15, -0.1) is 0 Å². The Labute approximate surface area is 369 Å². The van der Waals surface area contributed by atoms with Crippen LogP contribution in [0.15, 0.2) is 164 Å². The normalized spacial score (nSPS) is 21.5. The lowest BCUT2D eigenvalue weighted by Crippen LogP contribution is -2.55. The van der Waals surface area contributed by atoms with E-state index >= 15 is 0 Å². The summed E-state index contributed by atoms with van der Waals surface area (Å²) in [5.74, 6) is 2.82. The highest BCUT2D eigenvalue weighted by molar-refractivity contribution is 6.10. The first-order valence-electron chi connectivity index (χ1n) is 22.9. The maximum Gasteiger partial charge on any atom is 0.0994 e. The smallest absolute Gasteiger partial charge is 0.0994 e. The zero-order chi connectivity index (χ0) is 42.0. The van der Waals surface area contributed by atoms with Gasteiger partial charge in [0.1, 0.15) is 0 Å². The number of aryl methyl sites for hydroxylation is 2. The number of rotatable bonds is 5. The summed E-state index contributed by atoms with van der Waals surface area (Å²) in [6.07, 6.45) is 6.56. The molecule has 0 saturated heterocycles. The molecule has 302 valence electrons. The van der Waals surface area contributed by atoms with Gasteiger partial charge in [0.05, 0.1) is 34.1 Å². The molecule has 2 aromatic heterocycles. The lowest BCUT2D eigenvalue weighted by atomic mass is 9.42. The summed E-state index contributed by atoms with van der Waals surface area (Å²) >= 11 is 0. The van der Waals surface area contributed by atoms with Gasteiger partial charge in [-0.25, -0.2) is 4.98 Å². The first-order chi connectivity index (χ1) is 30.9. The average molecular weight is 810 g/mol. The van der Waals surface area contributed by atoms with Crippen LogP contribution in [0.4, 0.5) is 0 Å². The van der Waals surface area contributed by atoms with Gasteiger partial charge in [0, 0.05) is 33.0 Å². The van der Waals surface area contributed by atoms with Crippen LogP contribution >= 0.6 is 0 Å². The zero-order valence-electron chi connectivity index (χ0n) is 35.8. The van der Waals surface area contributed by atoms with Gasteiger partial charge >= 0.3 is 0 Å². The van der Waals surface area contributed by atoms with Gasteiger partial charge in [-0.05, 0) is 180 Å². The fraction of sp³-hybridized carbons (Fsp3) is 0.200. The molecule has 5 aliphatic rings. The zero-order valence-corrected chi connectivity index (χ0v) is 35.8. The Balaban J connectivity index is 1.00. The molecule has 0 amide bonds. The van der Waals surface area contributed by atoms with Crippen LogP contribution in [0.2, 0.25) is 0 Å². The number of nitriles is 1. The fourth-order valence-electron chi connectivity index (χ4n) is 13.4. The fourth-order valence-corrected chi connectivity index (χ4v) is 13.4. The van der Waals surface area contributed by atoms with E-state index in [-0.39, 0.29) is 5.41 Å². The van der Waals surface area contributed by atoms with Crippen LogP contribution in [0.25, 0.3) is 83.4 Å². The van der Waals surface area contributed by atoms with Crippen LogP contribution in [-0.4, -0.2) is 9.55 Å². The number of benzene rings is 7. The van der Waals surface area contributed by atoms with Gasteiger partial charge in [0.25, 0.3) is 0 Å². The van der Waals surface area contributed by atoms with E-state index in [2.05, 4.69) is 188 Å². The van der Waals surface area contributed by atoms with Crippen LogP contribution in [0.3, 0.4) is 0 Å². The monoisotopic (exact) mass is 809 g/mol. The van der Waals surface area contributed by atoms with Crippen molar-refractivity contribution in [3.63, 3.8) is 0 Å². The third-order valence-electron chi connectivity index (χ3n) is 15.8. The molecule has 5 aliphatic carbocycles. The van der Waals surface area contributed by atoms with Crippen LogP contribution in [0, 0.1) is 48.9 Å². The number of hydrogen-bond donors (Lipinski definition) is 0. The molecule has 0 aliphatic heterocycles. The van der Waals surface area contributed by atoms with Crippen molar-refractivity contribution in [2.75, 3.05) is 0 Å². The van der Waals surface area contributed by atoms with E-state index in [1.807, 2.05) is 0 Å². The number of fused-ring (bicyclic) bond motifs is 6. The lowest BCUT2D eigenvalue weighted by molar-refractivity contribution is -0.0397. The summed E-state index contributed by atoms with van der Waals surface area (Å²) in [4.78, 5) is 5.51. The van der Waals surface area contributed by atoms with E-state index < -0.39 is 0 Å². The van der Waals surface area contributed by atoms with Crippen molar-refractivity contribution >= 4 is 21.8 Å². The summed E-state index contributed by atoms with van der Waals surface area (Å²) in [6, 6.07) is 63.2. The van der Waals surface area contributed by atoms with E-state index in [0.717, 1.165) is 56.7 Å². The number of pyridine rings is 1. The van der Waals surface area contributed by atoms with Gasteiger partial charge in [0.15, 0.2) is 0 Å². The summed E-state index contributed by atoms with van der Waals surface area (Å²) in [6.45, 7) is 4.28. The molecule has 0 N–H and O–H groups in total. The molecular weight excluding hydrogens is 763 g/mol. The SMILES string of the molecule is Cc1cccc(-c2cc(-c3cccc4c3C3(c5cc(C#N)c(C)cc5-4)C4CC5CC(C4)CC3C5)cc(-c3cccc(-c4ccc5c6ccccc6n(-c6ccccc6)c5c4)c3)n2)c1. The largest absolute Gasteiger partial charge is 0.309 e. The van der Waals surface area contributed by atoms with Crippen molar-refractivity contribution in [1.82, 2.24) is 9.55 Å². The molecule has 14 rings (SSSR count). The number of aromatic nitrogens is 2. The highest BCUT2D eigenvalue weighted by atomic mass is 15.0. The number of para-hydroxylation sites is 2. The lowest BCUT2D eigenvalue weighted by Gasteiger charge is -2.61. The molecule has 4 fully saturated rings. The van der Waals surface area contributed by atoms with Crippen LogP contribution in [0.1, 0.15) is 59.9 Å². The molecule has 4 bridgehead atoms. The predicted molar refractivity (Wildman–Crippen MR) is 258 cm³/mol. The highest BCUT2D eigenvalue weighted by Crippen LogP contribution is 2.70. The first kappa shape index (κ1) is 36.6. The van der Waals surface area contributed by atoms with Crippen molar-refractivity contribution in [3.8, 4) is 67.7 Å². The third-order valence-corrected chi connectivity index (χ3v) is 15.8.